The summed E-state index contributed by atoms with van der Waals surface area (Å²) in [5.41, 5.74) is 0.763. The number of nitrogens with zero attached hydrogens (tertiary/aromatic N) is 1. The molecule has 3 unspecified atom stereocenters. The maximum atomic E-state index is 12.2. The second-order valence-electron chi connectivity index (χ2n) is 10.1. The first kappa shape index (κ1) is 27.5. The van der Waals surface area contributed by atoms with Crippen molar-refractivity contribution < 1.29 is 24.1 Å². The summed E-state index contributed by atoms with van der Waals surface area (Å²) in [6.07, 6.45) is -0.256. The van der Waals surface area contributed by atoms with Crippen LogP contribution in [0.3, 0.4) is 0 Å². The molecule has 1 aliphatic rings. The normalized spacial score (nSPS) is 18.8. The van der Waals surface area contributed by atoms with E-state index in [-0.39, 0.29) is 13.0 Å². The lowest BCUT2D eigenvalue weighted by atomic mass is 9.80. The van der Waals surface area contributed by atoms with Crippen LogP contribution in [0.15, 0.2) is 101 Å². The van der Waals surface area contributed by atoms with Crippen LogP contribution in [0.5, 0.6) is 11.5 Å². The van der Waals surface area contributed by atoms with E-state index in [1.54, 1.807) is 31.0 Å². The van der Waals surface area contributed by atoms with Crippen molar-refractivity contribution in [3.63, 3.8) is 0 Å². The van der Waals surface area contributed by atoms with Crippen molar-refractivity contribution in [1.82, 2.24) is 14.5 Å². The van der Waals surface area contributed by atoms with Gasteiger partial charge in [0.25, 0.3) is 5.56 Å². The minimum atomic E-state index is -1.07. The Bertz CT molecular complexity index is 1730. The Morgan fingerprint density at radius 1 is 0.857 bits per heavy atom. The number of aromatic nitrogens is 3. The molecule has 0 aliphatic carbocycles. The Kier molecular flexibility index (Phi) is 7.42. The van der Waals surface area contributed by atoms with Gasteiger partial charge in [0.15, 0.2) is 0 Å². The van der Waals surface area contributed by atoms with Crippen LogP contribution in [-0.4, -0.2) is 52.7 Å². The van der Waals surface area contributed by atoms with Crippen LogP contribution in [0.25, 0.3) is 11.0 Å². The molecule has 42 heavy (non-hydrogen) atoms. The van der Waals surface area contributed by atoms with E-state index >= 15 is 0 Å². The second kappa shape index (κ2) is 11.3. The summed E-state index contributed by atoms with van der Waals surface area (Å²) in [4.78, 5) is 29.1. The Morgan fingerprint density at radius 2 is 1.45 bits per heavy atom. The van der Waals surface area contributed by atoms with Gasteiger partial charge in [0.1, 0.15) is 35.1 Å². The first-order chi connectivity index (χ1) is 20.4. The Labute approximate surface area is 241 Å². The van der Waals surface area contributed by atoms with Gasteiger partial charge >= 0.3 is 5.69 Å². The van der Waals surface area contributed by atoms with Crippen LogP contribution in [0, 0.1) is 0 Å². The third-order valence-corrected chi connectivity index (χ3v) is 7.77. The molecule has 3 N–H and O–H groups in total. The molecule has 1 aliphatic heterocycles. The number of aromatic amines is 2. The lowest BCUT2D eigenvalue weighted by Gasteiger charge is -2.37. The molecule has 0 spiro atoms. The molecule has 0 radical (unpaired) electrons. The van der Waals surface area contributed by atoms with Gasteiger partial charge in [-0.2, -0.15) is 0 Å². The van der Waals surface area contributed by atoms with Gasteiger partial charge in [-0.1, -0.05) is 54.6 Å². The Morgan fingerprint density at radius 3 is 2.05 bits per heavy atom. The summed E-state index contributed by atoms with van der Waals surface area (Å²) in [5.74, 6) is 1.42. The maximum absolute atomic E-state index is 12.2. The average Bonchev–Trinajstić information content (AvgIpc) is 3.61. The fourth-order valence-corrected chi connectivity index (χ4v) is 5.63. The summed E-state index contributed by atoms with van der Waals surface area (Å²) in [6.45, 7) is 0.0426. The number of benzene rings is 3. The highest BCUT2D eigenvalue weighted by Crippen LogP contribution is 2.43. The molecule has 1 fully saturated rings. The van der Waals surface area contributed by atoms with Crippen LogP contribution in [0.1, 0.15) is 29.3 Å². The van der Waals surface area contributed by atoms with E-state index in [2.05, 4.69) is 9.97 Å². The molecule has 0 amide bonds. The zero-order valence-electron chi connectivity index (χ0n) is 23.2. The van der Waals surface area contributed by atoms with Gasteiger partial charge in [0.2, 0.25) is 0 Å². The largest absolute Gasteiger partial charge is 0.497 e. The van der Waals surface area contributed by atoms with Gasteiger partial charge in [0.05, 0.1) is 32.3 Å². The van der Waals surface area contributed by atoms with Crippen molar-refractivity contribution in [2.45, 2.75) is 30.5 Å². The van der Waals surface area contributed by atoms with Crippen LogP contribution in [0.4, 0.5) is 0 Å². The number of aliphatic hydroxyl groups excluding tert-OH is 1. The van der Waals surface area contributed by atoms with Crippen molar-refractivity contribution >= 4 is 11.0 Å². The zero-order chi connectivity index (χ0) is 29.3. The maximum Gasteiger partial charge on any atom is 0.327 e. The highest BCUT2D eigenvalue weighted by atomic mass is 16.6. The summed E-state index contributed by atoms with van der Waals surface area (Å²) in [6, 6.07) is 26.9. The van der Waals surface area contributed by atoms with Gasteiger partial charge in [-0.25, -0.2) is 4.79 Å². The molecular formula is C32H31N3O7. The fourth-order valence-electron chi connectivity index (χ4n) is 5.63. The minimum absolute atomic E-state index is 0.0426. The summed E-state index contributed by atoms with van der Waals surface area (Å²) in [5, 5.41) is 11.4. The Balaban J connectivity index is 1.37. The summed E-state index contributed by atoms with van der Waals surface area (Å²) in [7, 11) is 3.24. The fraction of sp³-hybridized carbons (Fsp3) is 0.250. The quantitative estimate of drug-likeness (QED) is 0.231. The first-order valence-corrected chi connectivity index (χ1v) is 13.6. The standard InChI is InChI=1S/C32H31N3O7/c1-39-23-12-8-21(9-13-23)32(20-6-4-3-5-7-20,22-10-14-24(40-2)15-11-22)41-19-27-26(36)18-28(42-27)35-17-16-25-29(35)33-31(38)34-30(25)37/h3-17,26-28,36H,18-19H2,1-2H3,(H2,33,34,37,38). The number of hydrogen-bond acceptors (Lipinski definition) is 7. The molecule has 5 aromatic rings. The van der Waals surface area contributed by atoms with Crippen molar-refractivity contribution in [3.05, 3.63) is 129 Å². The van der Waals surface area contributed by atoms with Crippen LogP contribution >= 0.6 is 0 Å². The van der Waals surface area contributed by atoms with E-state index in [0.29, 0.717) is 22.5 Å². The second-order valence-corrected chi connectivity index (χ2v) is 10.1. The lowest BCUT2D eigenvalue weighted by Crippen LogP contribution is -2.38. The molecule has 0 saturated carbocycles. The highest BCUT2D eigenvalue weighted by Gasteiger charge is 2.42. The predicted octanol–water partition coefficient (Wildman–Crippen LogP) is 3.69. The summed E-state index contributed by atoms with van der Waals surface area (Å²) < 4.78 is 25.7. The molecule has 6 rings (SSSR count). The Hall–Kier alpha value is -4.64. The number of hydrogen-bond donors (Lipinski definition) is 3. The smallest absolute Gasteiger partial charge is 0.327 e. The summed E-state index contributed by atoms with van der Waals surface area (Å²) >= 11 is 0. The number of fused-ring (bicyclic) bond motifs is 1. The SMILES string of the molecule is COc1ccc(C(OCC2OC(n3ccc4c(=O)[nH]c(=O)[nH]c43)CC2O)(c2ccccc2)c2ccc(OC)cc2)cc1. The average molecular weight is 570 g/mol. The van der Waals surface area contributed by atoms with E-state index in [1.165, 1.54) is 0 Å². The molecule has 2 aromatic heterocycles. The van der Waals surface area contributed by atoms with E-state index in [4.69, 9.17) is 18.9 Å². The van der Waals surface area contributed by atoms with Crippen molar-refractivity contribution in [3.8, 4) is 11.5 Å². The topological polar surface area (TPSA) is 128 Å². The van der Waals surface area contributed by atoms with Crippen LogP contribution < -0.4 is 20.7 Å². The molecule has 3 aromatic carbocycles. The highest BCUT2D eigenvalue weighted by molar-refractivity contribution is 5.74. The molecule has 3 atom stereocenters. The third kappa shape index (κ3) is 4.89. The monoisotopic (exact) mass is 569 g/mol. The van der Waals surface area contributed by atoms with E-state index in [9.17, 15) is 14.7 Å². The number of ether oxygens (including phenoxy) is 4. The molecule has 10 heteroatoms. The molecule has 3 heterocycles. The number of nitrogens with one attached hydrogen (secondary N) is 2. The van der Waals surface area contributed by atoms with Crippen LogP contribution in [-0.2, 0) is 15.1 Å². The van der Waals surface area contributed by atoms with E-state index in [1.807, 2.05) is 78.9 Å². The van der Waals surface area contributed by atoms with Gasteiger partial charge in [-0.3, -0.25) is 14.8 Å². The number of methoxy groups -OCH3 is 2. The van der Waals surface area contributed by atoms with E-state index < -0.39 is 35.3 Å². The van der Waals surface area contributed by atoms with Gasteiger partial charge < -0.3 is 28.6 Å². The molecule has 10 nitrogen and oxygen atoms in total. The van der Waals surface area contributed by atoms with Crippen molar-refractivity contribution in [2.24, 2.45) is 0 Å². The van der Waals surface area contributed by atoms with E-state index in [0.717, 1.165) is 16.7 Å². The first-order valence-electron chi connectivity index (χ1n) is 13.6. The van der Waals surface area contributed by atoms with Gasteiger partial charge in [-0.05, 0) is 47.0 Å². The molecular weight excluding hydrogens is 538 g/mol. The van der Waals surface area contributed by atoms with Crippen LogP contribution in [0.2, 0.25) is 0 Å². The molecule has 0 bridgehead atoms. The number of rotatable bonds is 9. The van der Waals surface area contributed by atoms with Crippen molar-refractivity contribution in [1.29, 1.82) is 0 Å². The van der Waals surface area contributed by atoms with Gasteiger partial charge in [0, 0.05) is 12.6 Å². The minimum Gasteiger partial charge on any atom is -0.497 e. The molecule has 1 saturated heterocycles. The lowest BCUT2D eigenvalue weighted by molar-refractivity contribution is -0.0930. The van der Waals surface area contributed by atoms with Crippen molar-refractivity contribution in [2.75, 3.05) is 20.8 Å². The zero-order valence-corrected chi connectivity index (χ0v) is 23.2. The molecule has 216 valence electrons. The predicted molar refractivity (Wildman–Crippen MR) is 156 cm³/mol. The van der Waals surface area contributed by atoms with Gasteiger partial charge in [-0.15, -0.1) is 0 Å². The number of H-pyrrole nitrogens is 2. The third-order valence-electron chi connectivity index (χ3n) is 7.77. The number of aliphatic hydroxyl groups is 1.